The number of nitriles is 1. The number of amides is 2. The molecule has 3 aromatic carbocycles. The van der Waals surface area contributed by atoms with Crippen molar-refractivity contribution >= 4 is 35.2 Å². The van der Waals surface area contributed by atoms with E-state index in [9.17, 15) is 14.9 Å². The molecule has 0 bridgehead atoms. The van der Waals surface area contributed by atoms with Crippen molar-refractivity contribution in [2.24, 2.45) is 0 Å². The van der Waals surface area contributed by atoms with Crippen molar-refractivity contribution in [3.05, 3.63) is 93.5 Å². The summed E-state index contributed by atoms with van der Waals surface area (Å²) in [5.74, 6) is 0.509. The number of rotatable bonds is 8. The molecule has 200 valence electrons. The highest BCUT2D eigenvalue weighted by Gasteiger charge is 2.18. The first-order valence-corrected chi connectivity index (χ1v) is 13.1. The first kappa shape index (κ1) is 27.7. The fraction of sp³-hybridized carbons (Fsp3) is 0.258. The SMILES string of the molecule is COc1cc(/C=C(/C#N)C(=O)Nc2cc(Cl)ccc2C)ccc1OCc1ccc(C(=O)N2CCCCC2)cc1. The van der Waals surface area contributed by atoms with Gasteiger partial charge in [0.05, 0.1) is 7.11 Å². The fourth-order valence-electron chi connectivity index (χ4n) is 4.31. The number of halogens is 1. The molecule has 0 aliphatic carbocycles. The minimum Gasteiger partial charge on any atom is -0.493 e. The van der Waals surface area contributed by atoms with Crippen LogP contribution in [-0.2, 0) is 11.4 Å². The van der Waals surface area contributed by atoms with Gasteiger partial charge in [0, 0.05) is 29.4 Å². The fourth-order valence-corrected chi connectivity index (χ4v) is 4.48. The summed E-state index contributed by atoms with van der Waals surface area (Å²) in [5.41, 5.74) is 3.50. The molecule has 1 fully saturated rings. The van der Waals surface area contributed by atoms with Crippen LogP contribution >= 0.6 is 11.6 Å². The van der Waals surface area contributed by atoms with Gasteiger partial charge in [0.15, 0.2) is 11.5 Å². The number of methoxy groups -OCH3 is 1. The molecule has 0 atom stereocenters. The van der Waals surface area contributed by atoms with E-state index in [1.54, 1.807) is 36.4 Å². The molecular weight excluding hydrogens is 514 g/mol. The highest BCUT2D eigenvalue weighted by atomic mass is 35.5. The van der Waals surface area contributed by atoms with Gasteiger partial charge in [-0.15, -0.1) is 0 Å². The lowest BCUT2D eigenvalue weighted by Gasteiger charge is -2.26. The molecule has 39 heavy (non-hydrogen) atoms. The van der Waals surface area contributed by atoms with Gasteiger partial charge in [-0.2, -0.15) is 5.26 Å². The first-order valence-electron chi connectivity index (χ1n) is 12.8. The maximum Gasteiger partial charge on any atom is 0.266 e. The second-order valence-electron chi connectivity index (χ2n) is 9.33. The summed E-state index contributed by atoms with van der Waals surface area (Å²) in [6, 6.07) is 19.7. The number of nitrogens with one attached hydrogen (secondary N) is 1. The lowest BCUT2D eigenvalue weighted by molar-refractivity contribution is -0.112. The molecule has 8 heteroatoms. The zero-order valence-electron chi connectivity index (χ0n) is 22.0. The Morgan fingerprint density at radius 2 is 1.77 bits per heavy atom. The van der Waals surface area contributed by atoms with Crippen LogP contribution < -0.4 is 14.8 Å². The number of carbonyl (C=O) groups is 2. The summed E-state index contributed by atoms with van der Waals surface area (Å²) in [7, 11) is 1.52. The predicted octanol–water partition coefficient (Wildman–Crippen LogP) is 6.41. The van der Waals surface area contributed by atoms with E-state index in [0.717, 1.165) is 37.1 Å². The van der Waals surface area contributed by atoms with Crippen molar-refractivity contribution in [1.82, 2.24) is 4.90 Å². The van der Waals surface area contributed by atoms with Crippen molar-refractivity contribution < 1.29 is 19.1 Å². The Hall–Kier alpha value is -4.28. The lowest BCUT2D eigenvalue weighted by Crippen LogP contribution is -2.35. The van der Waals surface area contributed by atoms with E-state index in [2.05, 4.69) is 5.32 Å². The average molecular weight is 544 g/mol. The molecule has 1 saturated heterocycles. The van der Waals surface area contributed by atoms with Crippen LogP contribution in [0.5, 0.6) is 11.5 Å². The van der Waals surface area contributed by atoms with Gasteiger partial charge >= 0.3 is 0 Å². The Kier molecular flexibility index (Phi) is 9.24. The molecule has 7 nitrogen and oxygen atoms in total. The number of hydrogen-bond acceptors (Lipinski definition) is 5. The van der Waals surface area contributed by atoms with Crippen LogP contribution in [0.3, 0.4) is 0 Å². The average Bonchev–Trinajstić information content (AvgIpc) is 2.97. The standard InChI is InChI=1S/C31H30ClN3O4/c1-21-6-12-26(32)18-27(21)34-30(36)25(19-33)16-23-9-13-28(29(17-23)38-2)39-20-22-7-10-24(11-8-22)31(37)35-14-4-3-5-15-35/h6-13,16-18H,3-5,14-15,20H2,1-2H3,(H,34,36)/b25-16-. The quantitative estimate of drug-likeness (QED) is 0.262. The van der Waals surface area contributed by atoms with Crippen molar-refractivity contribution in [2.75, 3.05) is 25.5 Å². The summed E-state index contributed by atoms with van der Waals surface area (Å²) in [6.07, 6.45) is 4.78. The maximum atomic E-state index is 12.7. The van der Waals surface area contributed by atoms with E-state index >= 15 is 0 Å². The van der Waals surface area contributed by atoms with Crippen LogP contribution in [-0.4, -0.2) is 36.9 Å². The van der Waals surface area contributed by atoms with Crippen molar-refractivity contribution in [1.29, 1.82) is 5.26 Å². The van der Waals surface area contributed by atoms with Gasteiger partial charge in [0.25, 0.3) is 11.8 Å². The van der Waals surface area contributed by atoms with Crippen LogP contribution in [0.15, 0.2) is 66.2 Å². The largest absolute Gasteiger partial charge is 0.493 e. The summed E-state index contributed by atoms with van der Waals surface area (Å²) in [5, 5.41) is 12.8. The normalized spacial score (nSPS) is 13.4. The number of ether oxygens (including phenoxy) is 2. The van der Waals surface area contributed by atoms with Gasteiger partial charge < -0.3 is 19.7 Å². The Morgan fingerprint density at radius 1 is 1.03 bits per heavy atom. The molecule has 1 N–H and O–H groups in total. The number of anilines is 1. The number of likely N-dealkylation sites (tertiary alicyclic amines) is 1. The van der Waals surface area contributed by atoms with E-state index in [0.29, 0.717) is 33.3 Å². The van der Waals surface area contributed by atoms with Crippen LogP contribution in [0.1, 0.15) is 46.3 Å². The predicted molar refractivity (Wildman–Crippen MR) is 152 cm³/mol. The summed E-state index contributed by atoms with van der Waals surface area (Å²) < 4.78 is 11.5. The molecule has 4 rings (SSSR count). The minimum absolute atomic E-state index is 0.0655. The Bertz CT molecular complexity index is 1420. The van der Waals surface area contributed by atoms with Gasteiger partial charge in [-0.3, -0.25) is 9.59 Å². The summed E-state index contributed by atoms with van der Waals surface area (Å²) in [6.45, 7) is 3.76. The number of carbonyl (C=O) groups excluding carboxylic acids is 2. The third kappa shape index (κ3) is 7.18. The first-order chi connectivity index (χ1) is 18.9. The molecule has 0 saturated carbocycles. The molecule has 2 amide bonds. The molecule has 0 radical (unpaired) electrons. The van der Waals surface area contributed by atoms with E-state index in [-0.39, 0.29) is 18.1 Å². The minimum atomic E-state index is -0.538. The van der Waals surface area contributed by atoms with Crippen LogP contribution in [0, 0.1) is 18.3 Å². The van der Waals surface area contributed by atoms with E-state index < -0.39 is 5.91 Å². The number of hydrogen-bond donors (Lipinski definition) is 1. The number of aryl methyl sites for hydroxylation is 1. The smallest absolute Gasteiger partial charge is 0.266 e. The van der Waals surface area contributed by atoms with Gasteiger partial charge in [-0.1, -0.05) is 35.9 Å². The van der Waals surface area contributed by atoms with Crippen molar-refractivity contribution in [3.63, 3.8) is 0 Å². The molecule has 3 aromatic rings. The van der Waals surface area contributed by atoms with Crippen LogP contribution in [0.2, 0.25) is 5.02 Å². The molecule has 1 heterocycles. The summed E-state index contributed by atoms with van der Waals surface area (Å²) >= 11 is 6.03. The monoisotopic (exact) mass is 543 g/mol. The Balaban J connectivity index is 1.41. The van der Waals surface area contributed by atoms with Gasteiger partial charge in [-0.25, -0.2) is 0 Å². The van der Waals surface area contributed by atoms with Gasteiger partial charge in [0.1, 0.15) is 18.2 Å². The van der Waals surface area contributed by atoms with Crippen molar-refractivity contribution in [2.45, 2.75) is 32.8 Å². The highest BCUT2D eigenvalue weighted by molar-refractivity contribution is 6.31. The Labute approximate surface area is 233 Å². The third-order valence-electron chi connectivity index (χ3n) is 6.55. The summed E-state index contributed by atoms with van der Waals surface area (Å²) in [4.78, 5) is 27.3. The molecule has 1 aliphatic heterocycles. The zero-order valence-corrected chi connectivity index (χ0v) is 22.8. The Morgan fingerprint density at radius 3 is 2.46 bits per heavy atom. The second kappa shape index (κ2) is 13.0. The highest BCUT2D eigenvalue weighted by Crippen LogP contribution is 2.30. The molecule has 0 aromatic heterocycles. The van der Waals surface area contributed by atoms with Crippen molar-refractivity contribution in [3.8, 4) is 17.6 Å². The number of benzene rings is 3. The van der Waals surface area contributed by atoms with Crippen LogP contribution in [0.25, 0.3) is 6.08 Å². The van der Waals surface area contributed by atoms with Gasteiger partial charge in [-0.05, 0) is 85.4 Å². The third-order valence-corrected chi connectivity index (χ3v) is 6.79. The maximum absolute atomic E-state index is 12.7. The molecular formula is C31H30ClN3O4. The molecule has 1 aliphatic rings. The van der Waals surface area contributed by atoms with Gasteiger partial charge in [0.2, 0.25) is 0 Å². The van der Waals surface area contributed by atoms with Crippen LogP contribution in [0.4, 0.5) is 5.69 Å². The number of piperidine rings is 1. The van der Waals surface area contributed by atoms with E-state index in [1.807, 2.05) is 42.2 Å². The molecule has 0 spiro atoms. The zero-order chi connectivity index (χ0) is 27.8. The molecule has 0 unspecified atom stereocenters. The number of nitrogens with zero attached hydrogens (tertiary/aromatic N) is 2. The topological polar surface area (TPSA) is 91.7 Å². The second-order valence-corrected chi connectivity index (χ2v) is 9.77. The lowest BCUT2D eigenvalue weighted by atomic mass is 10.1. The van der Waals surface area contributed by atoms with E-state index in [1.165, 1.54) is 19.6 Å². The van der Waals surface area contributed by atoms with E-state index in [4.69, 9.17) is 21.1 Å².